The van der Waals surface area contributed by atoms with Gasteiger partial charge < -0.3 is 10.1 Å². The number of pyridine rings is 1. The van der Waals surface area contributed by atoms with Crippen LogP contribution >= 0.6 is 0 Å². The van der Waals surface area contributed by atoms with Gasteiger partial charge in [-0.3, -0.25) is 4.98 Å². The zero-order chi connectivity index (χ0) is 14.4. The van der Waals surface area contributed by atoms with E-state index in [0.29, 0.717) is 0 Å². The van der Waals surface area contributed by atoms with E-state index in [9.17, 15) is 0 Å². The number of unbranched alkanes of at least 4 members (excludes halogenated alkanes) is 3. The first-order valence-corrected chi connectivity index (χ1v) is 7.44. The maximum absolute atomic E-state index is 5.31. The number of ether oxygens (including phenoxy) is 1. The first-order valence-electron chi connectivity index (χ1n) is 7.44. The topological polar surface area (TPSA) is 34.2 Å². The van der Waals surface area contributed by atoms with Crippen LogP contribution in [-0.4, -0.2) is 18.6 Å². The highest BCUT2D eigenvalue weighted by Gasteiger charge is 2.05. The molecule has 3 nitrogen and oxygen atoms in total. The normalized spacial score (nSPS) is 10.8. The van der Waals surface area contributed by atoms with Crippen LogP contribution in [0.15, 0.2) is 24.3 Å². The lowest BCUT2D eigenvalue weighted by molar-refractivity contribution is 0.415. The van der Waals surface area contributed by atoms with Crippen LogP contribution in [0.2, 0.25) is 0 Å². The summed E-state index contributed by atoms with van der Waals surface area (Å²) >= 11 is 0. The highest BCUT2D eigenvalue weighted by atomic mass is 16.5. The molecule has 0 atom stereocenters. The Balaban J connectivity index is 2.17. The van der Waals surface area contributed by atoms with Gasteiger partial charge in [-0.1, -0.05) is 26.2 Å². The second-order valence-corrected chi connectivity index (χ2v) is 5.18. The summed E-state index contributed by atoms with van der Waals surface area (Å²) in [4.78, 5) is 4.57. The van der Waals surface area contributed by atoms with Gasteiger partial charge in [-0.05, 0) is 37.6 Å². The number of nitrogens with zero attached hydrogens (tertiary/aromatic N) is 1. The van der Waals surface area contributed by atoms with Crippen LogP contribution in [0.25, 0.3) is 10.9 Å². The molecule has 20 heavy (non-hydrogen) atoms. The van der Waals surface area contributed by atoms with Crippen LogP contribution in [0, 0.1) is 6.92 Å². The molecule has 0 unspecified atom stereocenters. The number of fused-ring (bicyclic) bond motifs is 1. The van der Waals surface area contributed by atoms with Crippen LogP contribution < -0.4 is 10.1 Å². The first-order chi connectivity index (χ1) is 9.74. The molecule has 2 rings (SSSR count). The molecule has 0 bridgehead atoms. The van der Waals surface area contributed by atoms with E-state index in [1.807, 2.05) is 19.1 Å². The largest absolute Gasteiger partial charge is 0.497 e. The molecule has 0 spiro atoms. The zero-order valence-electron chi connectivity index (χ0n) is 12.7. The highest BCUT2D eigenvalue weighted by Crippen LogP contribution is 2.27. The zero-order valence-corrected chi connectivity index (χ0v) is 12.7. The molecule has 0 radical (unpaired) electrons. The van der Waals surface area contributed by atoms with Gasteiger partial charge in [-0.2, -0.15) is 0 Å². The minimum Gasteiger partial charge on any atom is -0.497 e. The SMILES string of the molecule is CCCCCCNc1cc(C)nc2ccc(OC)cc12. The predicted molar refractivity (Wildman–Crippen MR) is 85.7 cm³/mol. The number of hydrogen-bond donors (Lipinski definition) is 1. The standard InChI is InChI=1S/C17H24N2O/c1-4-5-6-7-10-18-17-11-13(2)19-16-9-8-14(20-3)12-15(16)17/h8-9,11-12H,4-7,10H2,1-3H3,(H,18,19). The third-order valence-electron chi connectivity index (χ3n) is 3.49. The van der Waals surface area contributed by atoms with Gasteiger partial charge in [0.25, 0.3) is 0 Å². The van der Waals surface area contributed by atoms with Crippen molar-refractivity contribution < 1.29 is 4.74 Å². The van der Waals surface area contributed by atoms with Crippen molar-refractivity contribution in [1.29, 1.82) is 0 Å². The lowest BCUT2D eigenvalue weighted by Crippen LogP contribution is -2.03. The van der Waals surface area contributed by atoms with Crippen molar-refractivity contribution in [3.05, 3.63) is 30.0 Å². The van der Waals surface area contributed by atoms with E-state index in [4.69, 9.17) is 4.74 Å². The summed E-state index contributed by atoms with van der Waals surface area (Å²) in [5, 5.41) is 4.67. The smallest absolute Gasteiger partial charge is 0.119 e. The number of nitrogens with one attached hydrogen (secondary N) is 1. The van der Waals surface area contributed by atoms with Crippen molar-refractivity contribution in [3.8, 4) is 5.75 Å². The number of rotatable bonds is 7. The Hall–Kier alpha value is -1.77. The number of aromatic nitrogens is 1. The van der Waals surface area contributed by atoms with Crippen LogP contribution in [0.1, 0.15) is 38.3 Å². The number of methoxy groups -OCH3 is 1. The van der Waals surface area contributed by atoms with Crippen LogP contribution in [0.3, 0.4) is 0 Å². The van der Waals surface area contributed by atoms with Crippen molar-refractivity contribution in [2.24, 2.45) is 0 Å². The van der Waals surface area contributed by atoms with Crippen LogP contribution in [-0.2, 0) is 0 Å². The summed E-state index contributed by atoms with van der Waals surface area (Å²) in [5.74, 6) is 0.872. The second-order valence-electron chi connectivity index (χ2n) is 5.18. The van der Waals surface area contributed by atoms with Crippen LogP contribution in [0.5, 0.6) is 5.75 Å². The van der Waals surface area contributed by atoms with Crippen molar-refractivity contribution in [3.63, 3.8) is 0 Å². The fourth-order valence-corrected chi connectivity index (χ4v) is 2.39. The van der Waals surface area contributed by atoms with Gasteiger partial charge >= 0.3 is 0 Å². The molecule has 0 aliphatic heterocycles. The summed E-state index contributed by atoms with van der Waals surface area (Å²) in [6.07, 6.45) is 5.08. The lowest BCUT2D eigenvalue weighted by atomic mass is 10.1. The summed E-state index contributed by atoms with van der Waals surface area (Å²) in [6.45, 7) is 5.28. The van der Waals surface area contributed by atoms with E-state index in [1.54, 1.807) is 7.11 Å². The molecule has 108 valence electrons. The third-order valence-corrected chi connectivity index (χ3v) is 3.49. The molecule has 0 fully saturated rings. The number of aryl methyl sites for hydroxylation is 1. The summed E-state index contributed by atoms with van der Waals surface area (Å²) < 4.78 is 5.31. The molecule has 0 saturated heterocycles. The van der Waals surface area contributed by atoms with E-state index < -0.39 is 0 Å². The monoisotopic (exact) mass is 272 g/mol. The Morgan fingerprint density at radius 2 is 2.00 bits per heavy atom. The second kappa shape index (κ2) is 7.13. The van der Waals surface area contributed by atoms with Gasteiger partial charge in [-0.25, -0.2) is 0 Å². The molecular formula is C17H24N2O. The molecule has 2 aromatic rings. The van der Waals surface area contributed by atoms with Gasteiger partial charge in [0.05, 0.1) is 12.6 Å². The minimum atomic E-state index is 0.872. The molecule has 0 aliphatic rings. The molecule has 1 aromatic heterocycles. The maximum atomic E-state index is 5.31. The molecule has 0 amide bonds. The number of benzene rings is 1. The Morgan fingerprint density at radius 1 is 1.15 bits per heavy atom. The van der Waals surface area contributed by atoms with Gasteiger partial charge in [0.15, 0.2) is 0 Å². The maximum Gasteiger partial charge on any atom is 0.119 e. The van der Waals surface area contributed by atoms with E-state index in [-0.39, 0.29) is 0 Å². The van der Waals surface area contributed by atoms with Crippen molar-refractivity contribution in [2.45, 2.75) is 39.5 Å². The molecule has 1 heterocycles. The van der Waals surface area contributed by atoms with Crippen molar-refractivity contribution >= 4 is 16.6 Å². The van der Waals surface area contributed by atoms with Crippen molar-refractivity contribution in [2.75, 3.05) is 19.0 Å². The summed E-state index contributed by atoms with van der Waals surface area (Å²) in [7, 11) is 1.70. The Bertz CT molecular complexity index is 566. The Kier molecular flexibility index (Phi) is 5.22. The quantitative estimate of drug-likeness (QED) is 0.751. The number of anilines is 1. The third kappa shape index (κ3) is 3.62. The fraction of sp³-hybridized carbons (Fsp3) is 0.471. The summed E-state index contributed by atoms with van der Waals surface area (Å²) in [5.41, 5.74) is 3.21. The van der Waals surface area contributed by atoms with Crippen molar-refractivity contribution in [1.82, 2.24) is 4.98 Å². The predicted octanol–water partition coefficient (Wildman–Crippen LogP) is 4.54. The molecule has 1 aromatic carbocycles. The van der Waals surface area contributed by atoms with Gasteiger partial charge in [-0.15, -0.1) is 0 Å². The fourth-order valence-electron chi connectivity index (χ4n) is 2.39. The van der Waals surface area contributed by atoms with Gasteiger partial charge in [0.2, 0.25) is 0 Å². The van der Waals surface area contributed by atoms with E-state index >= 15 is 0 Å². The van der Waals surface area contributed by atoms with E-state index in [1.165, 1.54) is 25.7 Å². The van der Waals surface area contributed by atoms with E-state index in [0.717, 1.165) is 34.6 Å². The highest BCUT2D eigenvalue weighted by molar-refractivity contribution is 5.92. The number of hydrogen-bond acceptors (Lipinski definition) is 3. The minimum absolute atomic E-state index is 0.872. The van der Waals surface area contributed by atoms with Gasteiger partial charge in [0.1, 0.15) is 5.75 Å². The lowest BCUT2D eigenvalue weighted by Gasteiger charge is -2.11. The average Bonchev–Trinajstić information content (AvgIpc) is 2.46. The molecule has 1 N–H and O–H groups in total. The molecule has 0 aliphatic carbocycles. The van der Waals surface area contributed by atoms with E-state index in [2.05, 4.69) is 29.4 Å². The van der Waals surface area contributed by atoms with Gasteiger partial charge in [0, 0.05) is 23.3 Å². The Morgan fingerprint density at radius 3 is 2.75 bits per heavy atom. The summed E-state index contributed by atoms with van der Waals surface area (Å²) in [6, 6.07) is 8.14. The molecule has 3 heteroatoms. The first kappa shape index (κ1) is 14.6. The van der Waals surface area contributed by atoms with Crippen LogP contribution in [0.4, 0.5) is 5.69 Å². The Labute approximate surface area is 121 Å². The average molecular weight is 272 g/mol. The molecular weight excluding hydrogens is 248 g/mol. The molecule has 0 saturated carbocycles.